The smallest absolute Gasteiger partial charge is 0.0548 e. The van der Waals surface area contributed by atoms with E-state index in [-0.39, 0.29) is 6.04 Å². The van der Waals surface area contributed by atoms with Gasteiger partial charge in [0, 0.05) is 16.7 Å². The highest BCUT2D eigenvalue weighted by molar-refractivity contribution is 7.85. The van der Waals surface area contributed by atoms with Crippen LogP contribution in [0.3, 0.4) is 0 Å². The fraction of sp³-hybridized carbons (Fsp3) is 0.333. The van der Waals surface area contributed by atoms with Crippen molar-refractivity contribution < 1.29 is 4.21 Å². The van der Waals surface area contributed by atoms with Crippen LogP contribution in [0.15, 0.2) is 53.4 Å². The van der Waals surface area contributed by atoms with E-state index in [1.165, 1.54) is 16.7 Å². The van der Waals surface area contributed by atoms with Crippen molar-refractivity contribution in [2.24, 2.45) is 0 Å². The maximum Gasteiger partial charge on any atom is 0.0548 e. The SMILES string of the molecule is CCNC(CS(=O)c1ccc(C)cc1)c1ccc(C)cc1. The Hall–Kier alpha value is -1.45. The third-order valence-corrected chi connectivity index (χ3v) is 4.97. The van der Waals surface area contributed by atoms with Crippen LogP contribution in [0.25, 0.3) is 0 Å². The van der Waals surface area contributed by atoms with Crippen LogP contribution in [0, 0.1) is 13.8 Å². The molecule has 0 amide bonds. The van der Waals surface area contributed by atoms with E-state index in [1.54, 1.807) is 0 Å². The van der Waals surface area contributed by atoms with Crippen LogP contribution in [0.5, 0.6) is 0 Å². The molecule has 3 heteroatoms. The van der Waals surface area contributed by atoms with Gasteiger partial charge in [-0.3, -0.25) is 4.21 Å². The predicted molar refractivity (Wildman–Crippen MR) is 90.1 cm³/mol. The van der Waals surface area contributed by atoms with E-state index >= 15 is 0 Å². The minimum Gasteiger partial charge on any atom is -0.309 e. The van der Waals surface area contributed by atoms with Crippen LogP contribution < -0.4 is 5.32 Å². The minimum absolute atomic E-state index is 0.123. The number of benzene rings is 2. The zero-order chi connectivity index (χ0) is 15.2. The van der Waals surface area contributed by atoms with Crippen molar-refractivity contribution in [3.8, 4) is 0 Å². The molecule has 2 aromatic carbocycles. The van der Waals surface area contributed by atoms with Crippen LogP contribution in [-0.2, 0) is 10.8 Å². The summed E-state index contributed by atoms with van der Waals surface area (Å²) in [5.41, 5.74) is 3.63. The number of hydrogen-bond donors (Lipinski definition) is 1. The minimum atomic E-state index is -0.992. The monoisotopic (exact) mass is 301 g/mol. The largest absolute Gasteiger partial charge is 0.309 e. The lowest BCUT2D eigenvalue weighted by Gasteiger charge is -2.18. The second-order valence-electron chi connectivity index (χ2n) is 5.35. The van der Waals surface area contributed by atoms with Crippen molar-refractivity contribution in [2.45, 2.75) is 31.7 Å². The molecule has 0 aromatic heterocycles. The van der Waals surface area contributed by atoms with E-state index in [1.807, 2.05) is 31.2 Å². The molecule has 0 bridgehead atoms. The Labute approximate surface area is 130 Å². The van der Waals surface area contributed by atoms with E-state index < -0.39 is 10.8 Å². The summed E-state index contributed by atoms with van der Waals surface area (Å²) in [4.78, 5) is 0.899. The molecule has 0 radical (unpaired) electrons. The lowest BCUT2D eigenvalue weighted by molar-refractivity contribution is 0.594. The first-order valence-corrected chi connectivity index (χ1v) is 8.67. The van der Waals surface area contributed by atoms with Gasteiger partial charge in [-0.15, -0.1) is 0 Å². The van der Waals surface area contributed by atoms with Crippen LogP contribution in [0.4, 0.5) is 0 Å². The third kappa shape index (κ3) is 4.51. The van der Waals surface area contributed by atoms with Crippen LogP contribution in [0.1, 0.15) is 29.7 Å². The summed E-state index contributed by atoms with van der Waals surface area (Å²) in [7, 11) is -0.992. The van der Waals surface area contributed by atoms with E-state index in [2.05, 4.69) is 43.4 Å². The van der Waals surface area contributed by atoms with Crippen molar-refractivity contribution in [1.29, 1.82) is 0 Å². The Morgan fingerprint density at radius 1 is 0.952 bits per heavy atom. The van der Waals surface area contributed by atoms with Gasteiger partial charge in [0.25, 0.3) is 0 Å². The summed E-state index contributed by atoms with van der Waals surface area (Å²) in [6.07, 6.45) is 0. The third-order valence-electron chi connectivity index (χ3n) is 3.53. The van der Waals surface area contributed by atoms with E-state index in [0.29, 0.717) is 5.75 Å². The van der Waals surface area contributed by atoms with Gasteiger partial charge < -0.3 is 5.32 Å². The molecular weight excluding hydrogens is 278 g/mol. The van der Waals surface area contributed by atoms with Gasteiger partial charge in [-0.05, 0) is 38.1 Å². The van der Waals surface area contributed by atoms with Crippen LogP contribution in [-0.4, -0.2) is 16.5 Å². The molecule has 2 unspecified atom stereocenters. The van der Waals surface area contributed by atoms with E-state index in [4.69, 9.17) is 0 Å². The Morgan fingerprint density at radius 3 is 2.00 bits per heavy atom. The Balaban J connectivity index is 2.13. The zero-order valence-electron chi connectivity index (χ0n) is 12.9. The first-order valence-electron chi connectivity index (χ1n) is 7.35. The number of aryl methyl sites for hydroxylation is 2. The molecule has 0 heterocycles. The van der Waals surface area contributed by atoms with Crippen molar-refractivity contribution >= 4 is 10.8 Å². The Morgan fingerprint density at radius 2 is 1.48 bits per heavy atom. The first kappa shape index (κ1) is 15.9. The molecule has 2 rings (SSSR count). The summed E-state index contributed by atoms with van der Waals surface area (Å²) < 4.78 is 12.6. The summed E-state index contributed by atoms with van der Waals surface area (Å²) in [6, 6.07) is 16.5. The normalized spacial score (nSPS) is 13.9. The van der Waals surface area contributed by atoms with Crippen molar-refractivity contribution in [2.75, 3.05) is 12.3 Å². The number of rotatable bonds is 6. The number of nitrogens with one attached hydrogen (secondary N) is 1. The summed E-state index contributed by atoms with van der Waals surface area (Å²) >= 11 is 0. The van der Waals surface area contributed by atoms with Crippen molar-refractivity contribution in [1.82, 2.24) is 5.32 Å². The highest BCUT2D eigenvalue weighted by Gasteiger charge is 2.15. The Bertz CT molecular complexity index is 590. The molecule has 2 atom stereocenters. The summed E-state index contributed by atoms with van der Waals surface area (Å²) in [5.74, 6) is 0.597. The second kappa shape index (κ2) is 7.53. The van der Waals surface area contributed by atoms with Gasteiger partial charge in [-0.1, -0.05) is 54.4 Å². The predicted octanol–water partition coefficient (Wildman–Crippen LogP) is 3.76. The van der Waals surface area contributed by atoms with Gasteiger partial charge in [0.05, 0.1) is 10.8 Å². The zero-order valence-corrected chi connectivity index (χ0v) is 13.7. The van der Waals surface area contributed by atoms with Crippen molar-refractivity contribution in [3.05, 3.63) is 65.2 Å². The van der Waals surface area contributed by atoms with Crippen LogP contribution >= 0.6 is 0 Å². The Kier molecular flexibility index (Phi) is 5.71. The second-order valence-corrected chi connectivity index (χ2v) is 6.84. The lowest BCUT2D eigenvalue weighted by atomic mass is 10.1. The molecular formula is C18H23NOS. The maximum atomic E-state index is 12.6. The van der Waals surface area contributed by atoms with E-state index in [9.17, 15) is 4.21 Å². The van der Waals surface area contributed by atoms with Crippen LogP contribution in [0.2, 0.25) is 0 Å². The first-order chi connectivity index (χ1) is 10.1. The molecule has 2 nitrogen and oxygen atoms in total. The summed E-state index contributed by atoms with van der Waals surface area (Å²) in [5, 5.41) is 3.44. The fourth-order valence-electron chi connectivity index (χ4n) is 2.26. The molecule has 0 fully saturated rings. The average Bonchev–Trinajstić information content (AvgIpc) is 2.48. The van der Waals surface area contributed by atoms with Gasteiger partial charge in [0.2, 0.25) is 0 Å². The molecule has 0 aliphatic heterocycles. The maximum absolute atomic E-state index is 12.6. The van der Waals surface area contributed by atoms with Gasteiger partial charge in [-0.2, -0.15) is 0 Å². The molecule has 0 aliphatic carbocycles. The summed E-state index contributed by atoms with van der Waals surface area (Å²) in [6.45, 7) is 7.07. The fourth-order valence-corrected chi connectivity index (χ4v) is 3.50. The van der Waals surface area contributed by atoms with Crippen molar-refractivity contribution in [3.63, 3.8) is 0 Å². The topological polar surface area (TPSA) is 29.1 Å². The molecule has 0 spiro atoms. The molecule has 21 heavy (non-hydrogen) atoms. The highest BCUT2D eigenvalue weighted by atomic mass is 32.2. The molecule has 0 saturated carbocycles. The van der Waals surface area contributed by atoms with Gasteiger partial charge in [0.15, 0.2) is 0 Å². The quantitative estimate of drug-likeness (QED) is 0.880. The van der Waals surface area contributed by atoms with Gasteiger partial charge in [0.1, 0.15) is 0 Å². The molecule has 112 valence electrons. The molecule has 0 saturated heterocycles. The highest BCUT2D eigenvalue weighted by Crippen LogP contribution is 2.18. The van der Waals surface area contributed by atoms with E-state index in [0.717, 1.165) is 11.4 Å². The lowest BCUT2D eigenvalue weighted by Crippen LogP contribution is -2.26. The molecule has 2 aromatic rings. The average molecular weight is 301 g/mol. The molecule has 1 N–H and O–H groups in total. The number of hydrogen-bond acceptors (Lipinski definition) is 2. The molecule has 0 aliphatic rings. The standard InChI is InChI=1S/C18H23NOS/c1-4-19-18(16-9-5-14(2)6-10-16)13-21(20)17-11-7-15(3)8-12-17/h5-12,18-19H,4,13H2,1-3H3. The van der Waals surface area contributed by atoms with Gasteiger partial charge in [-0.25, -0.2) is 0 Å². The van der Waals surface area contributed by atoms with Gasteiger partial charge >= 0.3 is 0 Å².